The molecule has 8 aromatic rings. The van der Waals surface area contributed by atoms with Gasteiger partial charge in [0.1, 0.15) is 25.1 Å². The molecule has 0 bridgehead atoms. The van der Waals surface area contributed by atoms with E-state index in [1.54, 1.807) is 50.1 Å². The Morgan fingerprint density at radius 3 is 0.978 bits per heavy atom. The minimum absolute atomic E-state index is 0.134. The van der Waals surface area contributed by atoms with Crippen LogP contribution in [0, 0.1) is 0 Å². The summed E-state index contributed by atoms with van der Waals surface area (Å²) < 4.78 is 22.4. The monoisotopic (exact) mass is 608 g/mol. The lowest BCUT2D eigenvalue weighted by Gasteiger charge is -2.32. The molecule has 0 amide bonds. The zero-order valence-corrected chi connectivity index (χ0v) is 26.9. The second-order valence-corrected chi connectivity index (χ2v) is 14.1. The molecule has 0 unspecified atom stereocenters. The molecule has 6 nitrogen and oxygen atoms in total. The molecule has 4 aromatic carbocycles. The number of rotatable bonds is 6. The lowest BCUT2D eigenvalue weighted by molar-refractivity contribution is 0.565. The van der Waals surface area contributed by atoms with Crippen LogP contribution >= 0.6 is 0 Å². The van der Waals surface area contributed by atoms with Crippen LogP contribution in [0.15, 0.2) is 128 Å². The highest BCUT2D eigenvalue weighted by atomic mass is 16.3. The van der Waals surface area contributed by atoms with Crippen LogP contribution < -0.4 is 9.80 Å². The van der Waals surface area contributed by atoms with Crippen molar-refractivity contribution < 1.29 is 17.7 Å². The Balaban J connectivity index is 1.56. The van der Waals surface area contributed by atoms with Gasteiger partial charge >= 0.3 is 0 Å². The first-order valence-corrected chi connectivity index (χ1v) is 15.6. The van der Waals surface area contributed by atoms with Gasteiger partial charge < -0.3 is 27.5 Å². The van der Waals surface area contributed by atoms with Gasteiger partial charge in [0.2, 0.25) is 0 Å². The van der Waals surface area contributed by atoms with Crippen LogP contribution in [-0.4, -0.2) is 0 Å². The minimum Gasteiger partial charge on any atom is -0.470 e. The molecule has 0 atom stereocenters. The van der Waals surface area contributed by atoms with Gasteiger partial charge in [-0.25, -0.2) is 0 Å². The van der Waals surface area contributed by atoms with Crippen LogP contribution in [0.1, 0.15) is 52.7 Å². The van der Waals surface area contributed by atoms with E-state index >= 15 is 0 Å². The summed E-state index contributed by atoms with van der Waals surface area (Å²) in [6.45, 7) is 13.7. The first kappa shape index (κ1) is 28.1. The average molecular weight is 609 g/mol. The van der Waals surface area contributed by atoms with Crippen LogP contribution in [0.4, 0.5) is 34.1 Å². The van der Waals surface area contributed by atoms with Gasteiger partial charge in [-0.1, -0.05) is 65.8 Å². The van der Waals surface area contributed by atoms with Crippen LogP contribution in [0.25, 0.3) is 32.3 Å². The molecule has 8 rings (SSSR count). The predicted octanol–water partition coefficient (Wildman–Crippen LogP) is 12.5. The second kappa shape index (κ2) is 10.1. The van der Waals surface area contributed by atoms with Gasteiger partial charge in [-0.2, -0.15) is 0 Å². The standard InChI is InChI=1S/C40H36N2O4/c1-39(2,3)33-19-35(41(25-11-15-43-21-25)26-12-16-44-22-26)31-10-8-30-34(40(4,5)6)20-36(32-9-7-29(33)37(31)38(30)32)42(27-13-17-45-23-27)28-14-18-46-24-28/h7-24H,1-6H3. The summed E-state index contributed by atoms with van der Waals surface area (Å²) in [5.41, 5.74) is 8.12. The van der Waals surface area contributed by atoms with E-state index in [4.69, 9.17) is 17.7 Å². The third-order valence-electron chi connectivity index (χ3n) is 9.01. The molecular formula is C40H36N2O4. The van der Waals surface area contributed by atoms with Gasteiger partial charge in [-0.3, -0.25) is 0 Å². The minimum atomic E-state index is -0.134. The summed E-state index contributed by atoms with van der Waals surface area (Å²) in [6.07, 6.45) is 14.0. The fourth-order valence-corrected chi connectivity index (χ4v) is 6.96. The molecule has 4 heterocycles. The number of nitrogens with zero attached hydrogens (tertiary/aromatic N) is 2. The van der Waals surface area contributed by atoms with E-state index < -0.39 is 0 Å². The molecule has 0 aliphatic heterocycles. The highest BCUT2D eigenvalue weighted by Crippen LogP contribution is 2.51. The zero-order chi connectivity index (χ0) is 31.8. The molecule has 0 aliphatic rings. The van der Waals surface area contributed by atoms with Crippen LogP contribution in [-0.2, 0) is 10.8 Å². The topological polar surface area (TPSA) is 59.0 Å². The molecule has 230 valence electrons. The molecule has 4 aromatic heterocycles. The maximum atomic E-state index is 5.61. The molecule has 0 saturated heterocycles. The summed E-state index contributed by atoms with van der Waals surface area (Å²) in [6, 6.07) is 21.8. The lowest BCUT2D eigenvalue weighted by atomic mass is 9.77. The van der Waals surface area contributed by atoms with Gasteiger partial charge in [0, 0.05) is 35.0 Å². The Labute approximate surface area is 267 Å². The van der Waals surface area contributed by atoms with Gasteiger partial charge in [-0.15, -0.1) is 0 Å². The van der Waals surface area contributed by atoms with E-state index in [9.17, 15) is 0 Å². The van der Waals surface area contributed by atoms with E-state index in [-0.39, 0.29) is 10.8 Å². The molecule has 6 heteroatoms. The third kappa shape index (κ3) is 4.31. The summed E-state index contributed by atoms with van der Waals surface area (Å²) in [5, 5.41) is 7.28. The van der Waals surface area contributed by atoms with Gasteiger partial charge in [0.25, 0.3) is 0 Å². The predicted molar refractivity (Wildman–Crippen MR) is 186 cm³/mol. The Bertz CT molecular complexity index is 2030. The van der Waals surface area contributed by atoms with Gasteiger partial charge in [-0.05, 0) is 55.6 Å². The molecule has 0 aliphatic carbocycles. The van der Waals surface area contributed by atoms with E-state index in [2.05, 4.69) is 87.7 Å². The number of hydrogen-bond donors (Lipinski definition) is 0. The van der Waals surface area contributed by atoms with Gasteiger partial charge in [0.05, 0.1) is 59.2 Å². The maximum Gasteiger partial charge on any atom is 0.114 e. The summed E-state index contributed by atoms with van der Waals surface area (Å²) in [7, 11) is 0. The third-order valence-corrected chi connectivity index (χ3v) is 9.01. The van der Waals surface area contributed by atoms with Crippen molar-refractivity contribution in [2.45, 2.75) is 52.4 Å². The molecular weight excluding hydrogens is 572 g/mol. The van der Waals surface area contributed by atoms with E-state index in [0.29, 0.717) is 0 Å². The van der Waals surface area contributed by atoms with Crippen molar-refractivity contribution in [1.82, 2.24) is 0 Å². The molecule has 46 heavy (non-hydrogen) atoms. The van der Waals surface area contributed by atoms with Crippen LogP contribution in [0.2, 0.25) is 0 Å². The number of hydrogen-bond acceptors (Lipinski definition) is 6. The Morgan fingerprint density at radius 2 is 0.717 bits per heavy atom. The lowest BCUT2D eigenvalue weighted by Crippen LogP contribution is -2.17. The quantitative estimate of drug-likeness (QED) is 0.175. The molecule has 0 N–H and O–H groups in total. The molecule has 0 fully saturated rings. The second-order valence-electron chi connectivity index (χ2n) is 14.1. The van der Waals surface area contributed by atoms with Crippen LogP contribution in [0.3, 0.4) is 0 Å². The highest BCUT2D eigenvalue weighted by Gasteiger charge is 2.30. The zero-order valence-electron chi connectivity index (χ0n) is 26.9. The fraction of sp³-hybridized carbons (Fsp3) is 0.200. The van der Waals surface area contributed by atoms with Crippen molar-refractivity contribution in [2.75, 3.05) is 9.80 Å². The molecule has 0 saturated carbocycles. The Hall–Kier alpha value is -5.36. The van der Waals surface area contributed by atoms with Crippen LogP contribution in [0.5, 0.6) is 0 Å². The maximum absolute atomic E-state index is 5.61. The summed E-state index contributed by atoms with van der Waals surface area (Å²) in [4.78, 5) is 4.45. The van der Waals surface area contributed by atoms with Crippen molar-refractivity contribution in [3.63, 3.8) is 0 Å². The van der Waals surface area contributed by atoms with Crippen molar-refractivity contribution in [3.05, 3.63) is 122 Å². The summed E-state index contributed by atoms with van der Waals surface area (Å²) >= 11 is 0. The van der Waals surface area contributed by atoms with E-state index in [1.807, 2.05) is 24.3 Å². The number of furan rings is 4. The fourth-order valence-electron chi connectivity index (χ4n) is 6.96. The Morgan fingerprint density at radius 1 is 0.413 bits per heavy atom. The normalized spacial score (nSPS) is 12.6. The highest BCUT2D eigenvalue weighted by molar-refractivity contribution is 6.29. The van der Waals surface area contributed by atoms with Crippen molar-refractivity contribution >= 4 is 66.4 Å². The van der Waals surface area contributed by atoms with Crippen molar-refractivity contribution in [1.29, 1.82) is 0 Å². The smallest absolute Gasteiger partial charge is 0.114 e. The van der Waals surface area contributed by atoms with Crippen molar-refractivity contribution in [2.24, 2.45) is 0 Å². The van der Waals surface area contributed by atoms with Crippen molar-refractivity contribution in [3.8, 4) is 0 Å². The molecule has 0 spiro atoms. The largest absolute Gasteiger partial charge is 0.470 e. The summed E-state index contributed by atoms with van der Waals surface area (Å²) in [5.74, 6) is 0. The van der Waals surface area contributed by atoms with Gasteiger partial charge in [0.15, 0.2) is 0 Å². The SMILES string of the molecule is CC(C)(C)c1cc(N(c2ccoc2)c2ccoc2)c2ccc3c(C(C)(C)C)cc(N(c4ccoc4)c4ccoc4)c4ccc1c2c43. The van der Waals surface area contributed by atoms with E-state index in [1.165, 1.54) is 32.7 Å². The number of benzene rings is 4. The first-order valence-electron chi connectivity index (χ1n) is 15.6. The molecule has 0 radical (unpaired) electrons. The number of anilines is 6. The van der Waals surface area contributed by atoms with E-state index in [0.717, 1.165) is 44.9 Å². The first-order chi connectivity index (χ1) is 22.1. The Kier molecular flexibility index (Phi) is 6.16. The average Bonchev–Trinajstić information content (AvgIpc) is 3.85.